The molecule has 2 N–H and O–H groups in total. The quantitative estimate of drug-likeness (QED) is 0.589. The first-order valence-corrected chi connectivity index (χ1v) is 10.7. The zero-order valence-corrected chi connectivity index (χ0v) is 17.4. The summed E-state index contributed by atoms with van der Waals surface area (Å²) < 4.78 is 13.1. The molecule has 0 unspecified atom stereocenters. The zero-order valence-electron chi connectivity index (χ0n) is 17.4. The van der Waals surface area contributed by atoms with Gasteiger partial charge in [0.05, 0.1) is 30.6 Å². The smallest absolute Gasteiger partial charge is 0.229 e. The van der Waals surface area contributed by atoms with E-state index < -0.39 is 0 Å². The van der Waals surface area contributed by atoms with Gasteiger partial charge >= 0.3 is 0 Å². The van der Waals surface area contributed by atoms with Crippen molar-refractivity contribution >= 4 is 11.7 Å². The van der Waals surface area contributed by atoms with Crippen LogP contribution in [0.25, 0.3) is 11.3 Å². The Bertz CT molecular complexity index is 1030. The Morgan fingerprint density at radius 2 is 1.68 bits per heavy atom. The molecular formula is C25H26FN3O2. The lowest BCUT2D eigenvalue weighted by molar-refractivity contribution is -0.115. The van der Waals surface area contributed by atoms with Crippen molar-refractivity contribution in [2.45, 2.75) is 51.0 Å². The van der Waals surface area contributed by atoms with Crippen LogP contribution in [0.15, 0.2) is 54.7 Å². The number of amides is 1. The third kappa shape index (κ3) is 5.33. The molecule has 1 saturated carbocycles. The lowest BCUT2D eigenvalue weighted by Gasteiger charge is -2.23. The second-order valence-electron chi connectivity index (χ2n) is 8.03. The summed E-state index contributed by atoms with van der Waals surface area (Å²) in [5.74, 6) is 0.254. The highest BCUT2D eigenvalue weighted by Gasteiger charge is 2.23. The van der Waals surface area contributed by atoms with Crippen LogP contribution in [-0.2, 0) is 17.8 Å². The van der Waals surface area contributed by atoms with Gasteiger partial charge in [0.1, 0.15) is 5.82 Å². The fourth-order valence-electron chi connectivity index (χ4n) is 4.04. The highest BCUT2D eigenvalue weighted by Crippen LogP contribution is 2.35. The molecule has 0 saturated heterocycles. The minimum Gasteiger partial charge on any atom is -0.392 e. The lowest BCUT2D eigenvalue weighted by Crippen LogP contribution is -2.19. The normalized spacial score (nSPS) is 14.4. The standard InChI is InChI=1S/C25H26FN3O2/c26-21-12-8-17(9-13-21)14-23(31)29-25-24(20-4-2-1-3-5-20)28-22(15-27-25)19-10-6-18(16-30)7-11-19/h6-13,15,20,30H,1-5,14,16H2,(H,27,29,31). The molecule has 1 aliphatic rings. The summed E-state index contributed by atoms with van der Waals surface area (Å²) in [4.78, 5) is 22.1. The summed E-state index contributed by atoms with van der Waals surface area (Å²) in [6.45, 7) is -0.00168. The van der Waals surface area contributed by atoms with Gasteiger partial charge in [-0.25, -0.2) is 14.4 Å². The molecule has 3 aromatic rings. The Morgan fingerprint density at radius 3 is 2.35 bits per heavy atom. The van der Waals surface area contributed by atoms with Crippen LogP contribution in [0.5, 0.6) is 0 Å². The average Bonchev–Trinajstić information content (AvgIpc) is 2.81. The molecule has 160 valence electrons. The summed E-state index contributed by atoms with van der Waals surface area (Å²) in [6.07, 6.45) is 7.39. The Labute approximate surface area is 181 Å². The number of rotatable bonds is 6. The summed E-state index contributed by atoms with van der Waals surface area (Å²) in [5.41, 5.74) is 4.09. The molecule has 0 spiro atoms. The summed E-state index contributed by atoms with van der Waals surface area (Å²) in [7, 11) is 0. The van der Waals surface area contributed by atoms with E-state index in [0.29, 0.717) is 5.82 Å². The van der Waals surface area contributed by atoms with Gasteiger partial charge in [-0.2, -0.15) is 0 Å². The number of aliphatic hydroxyl groups is 1. The number of halogens is 1. The molecule has 1 aliphatic carbocycles. The molecule has 4 rings (SSSR count). The summed E-state index contributed by atoms with van der Waals surface area (Å²) in [5, 5.41) is 12.2. The van der Waals surface area contributed by atoms with E-state index in [1.165, 1.54) is 18.6 Å². The van der Waals surface area contributed by atoms with E-state index in [0.717, 1.165) is 53.8 Å². The second-order valence-corrected chi connectivity index (χ2v) is 8.03. The fourth-order valence-corrected chi connectivity index (χ4v) is 4.04. The molecular weight excluding hydrogens is 393 g/mol. The van der Waals surface area contributed by atoms with Crippen molar-refractivity contribution in [2.75, 3.05) is 5.32 Å². The minimum absolute atomic E-state index is 0.00168. The van der Waals surface area contributed by atoms with Crippen molar-refractivity contribution in [2.24, 2.45) is 0 Å². The number of carbonyl (C=O) groups is 1. The Morgan fingerprint density at radius 1 is 1.00 bits per heavy atom. The van der Waals surface area contributed by atoms with Gasteiger partial charge in [-0.1, -0.05) is 55.7 Å². The molecule has 0 bridgehead atoms. The van der Waals surface area contributed by atoms with Gasteiger partial charge in [0, 0.05) is 11.5 Å². The number of benzene rings is 2. The van der Waals surface area contributed by atoms with Gasteiger partial charge in [0.25, 0.3) is 0 Å². The van der Waals surface area contributed by atoms with Crippen molar-refractivity contribution in [3.63, 3.8) is 0 Å². The zero-order chi connectivity index (χ0) is 21.6. The first-order chi connectivity index (χ1) is 15.1. The average molecular weight is 420 g/mol. The van der Waals surface area contributed by atoms with Crippen LogP contribution in [0.2, 0.25) is 0 Å². The second kappa shape index (κ2) is 9.79. The van der Waals surface area contributed by atoms with Gasteiger partial charge < -0.3 is 10.4 Å². The molecule has 1 fully saturated rings. The van der Waals surface area contributed by atoms with Crippen LogP contribution in [0.1, 0.15) is 54.8 Å². The van der Waals surface area contributed by atoms with E-state index in [2.05, 4.69) is 10.3 Å². The molecule has 1 aromatic heterocycles. The number of anilines is 1. The van der Waals surface area contributed by atoms with Gasteiger partial charge in [-0.15, -0.1) is 0 Å². The first-order valence-electron chi connectivity index (χ1n) is 10.7. The minimum atomic E-state index is -0.322. The number of nitrogens with zero attached hydrogens (tertiary/aromatic N) is 2. The van der Waals surface area contributed by atoms with E-state index in [9.17, 15) is 14.3 Å². The van der Waals surface area contributed by atoms with Gasteiger partial charge in [0.2, 0.25) is 5.91 Å². The van der Waals surface area contributed by atoms with Crippen LogP contribution in [-0.4, -0.2) is 21.0 Å². The Kier molecular flexibility index (Phi) is 6.67. The van der Waals surface area contributed by atoms with E-state index in [4.69, 9.17) is 4.98 Å². The fraction of sp³-hybridized carbons (Fsp3) is 0.320. The Hall–Kier alpha value is -3.12. The monoisotopic (exact) mass is 419 g/mol. The number of aliphatic hydroxyl groups excluding tert-OH is 1. The lowest BCUT2D eigenvalue weighted by atomic mass is 9.86. The number of hydrogen-bond donors (Lipinski definition) is 2. The summed E-state index contributed by atoms with van der Waals surface area (Å²) >= 11 is 0. The molecule has 5 nitrogen and oxygen atoms in total. The predicted octanol–water partition coefficient (Wildman–Crippen LogP) is 5.00. The third-order valence-corrected chi connectivity index (χ3v) is 5.76. The van der Waals surface area contributed by atoms with E-state index in [-0.39, 0.29) is 30.7 Å². The van der Waals surface area contributed by atoms with Crippen molar-refractivity contribution in [1.29, 1.82) is 0 Å². The van der Waals surface area contributed by atoms with Crippen LogP contribution in [0.4, 0.5) is 10.2 Å². The van der Waals surface area contributed by atoms with Crippen LogP contribution in [0.3, 0.4) is 0 Å². The maximum atomic E-state index is 13.1. The van der Waals surface area contributed by atoms with Crippen LogP contribution in [0, 0.1) is 5.82 Å². The SMILES string of the molecule is O=C(Cc1ccc(F)cc1)Nc1ncc(-c2ccc(CO)cc2)nc1C1CCCCC1. The largest absolute Gasteiger partial charge is 0.392 e. The highest BCUT2D eigenvalue weighted by molar-refractivity contribution is 5.92. The third-order valence-electron chi connectivity index (χ3n) is 5.76. The van der Waals surface area contributed by atoms with Crippen molar-refractivity contribution in [3.05, 3.63) is 77.4 Å². The molecule has 0 aliphatic heterocycles. The van der Waals surface area contributed by atoms with Crippen molar-refractivity contribution in [1.82, 2.24) is 9.97 Å². The molecule has 1 heterocycles. The number of carbonyl (C=O) groups excluding carboxylic acids is 1. The predicted molar refractivity (Wildman–Crippen MR) is 118 cm³/mol. The Balaban J connectivity index is 1.59. The molecule has 0 atom stereocenters. The van der Waals surface area contributed by atoms with Gasteiger partial charge in [0.15, 0.2) is 5.82 Å². The molecule has 1 amide bonds. The maximum absolute atomic E-state index is 13.1. The maximum Gasteiger partial charge on any atom is 0.229 e. The molecule has 0 radical (unpaired) electrons. The van der Waals surface area contributed by atoms with Crippen LogP contribution >= 0.6 is 0 Å². The molecule has 2 aromatic carbocycles. The topological polar surface area (TPSA) is 75.1 Å². The number of nitrogens with one attached hydrogen (secondary N) is 1. The van der Waals surface area contributed by atoms with Gasteiger partial charge in [-0.05, 0) is 36.1 Å². The number of hydrogen-bond acceptors (Lipinski definition) is 4. The first kappa shape index (κ1) is 21.1. The molecule has 6 heteroatoms. The van der Waals surface area contributed by atoms with Gasteiger partial charge in [-0.3, -0.25) is 4.79 Å². The van der Waals surface area contributed by atoms with E-state index in [1.54, 1.807) is 18.3 Å². The molecule has 31 heavy (non-hydrogen) atoms. The number of aromatic nitrogens is 2. The highest BCUT2D eigenvalue weighted by atomic mass is 19.1. The van der Waals surface area contributed by atoms with Crippen molar-refractivity contribution < 1.29 is 14.3 Å². The summed E-state index contributed by atoms with van der Waals surface area (Å²) in [6, 6.07) is 13.5. The van der Waals surface area contributed by atoms with E-state index >= 15 is 0 Å². The van der Waals surface area contributed by atoms with Crippen LogP contribution < -0.4 is 5.32 Å². The van der Waals surface area contributed by atoms with E-state index in [1.807, 2.05) is 24.3 Å². The van der Waals surface area contributed by atoms with Crippen molar-refractivity contribution in [3.8, 4) is 11.3 Å².